The number of rotatable bonds is 4. The van der Waals surface area contributed by atoms with Crippen LogP contribution in [0.15, 0.2) is 30.3 Å². The van der Waals surface area contributed by atoms with Gasteiger partial charge in [0.05, 0.1) is 12.6 Å². The molecule has 2 aromatic rings. The van der Waals surface area contributed by atoms with Gasteiger partial charge in [-0.15, -0.1) is 0 Å². The third-order valence-corrected chi connectivity index (χ3v) is 3.94. The molecule has 7 nitrogen and oxygen atoms in total. The van der Waals surface area contributed by atoms with Crippen LogP contribution in [0.1, 0.15) is 16.9 Å². The number of nitrogens with zero attached hydrogens (tertiary/aromatic N) is 3. The lowest BCUT2D eigenvalue weighted by Crippen LogP contribution is -2.46. The van der Waals surface area contributed by atoms with Gasteiger partial charge < -0.3 is 9.47 Å². The van der Waals surface area contributed by atoms with Gasteiger partial charge in [-0.3, -0.25) is 9.59 Å². The zero-order valence-electron chi connectivity index (χ0n) is 13.7. The second kappa shape index (κ2) is 6.84. The Bertz CT molecular complexity index is 778. The number of ether oxygens (including phenoxy) is 2. The maximum absolute atomic E-state index is 12.9. The van der Waals surface area contributed by atoms with E-state index < -0.39 is 0 Å². The van der Waals surface area contributed by atoms with Crippen LogP contribution in [-0.4, -0.2) is 60.7 Å². The van der Waals surface area contributed by atoms with Crippen molar-refractivity contribution in [3.63, 3.8) is 0 Å². The Morgan fingerprint density at radius 2 is 1.92 bits per heavy atom. The highest BCUT2D eigenvalue weighted by Gasteiger charge is 2.32. The summed E-state index contributed by atoms with van der Waals surface area (Å²) in [6.45, 7) is 0.919. The zero-order valence-corrected chi connectivity index (χ0v) is 13.7. The summed E-state index contributed by atoms with van der Waals surface area (Å²) in [6, 6.07) is 9.07. The summed E-state index contributed by atoms with van der Waals surface area (Å²) in [4.78, 5) is 29.4. The fourth-order valence-electron chi connectivity index (χ4n) is 2.83. The Labute approximate surface area is 139 Å². The van der Waals surface area contributed by atoms with Gasteiger partial charge in [-0.1, -0.05) is 12.1 Å². The molecule has 7 heteroatoms. The molecule has 3 rings (SSSR count). The average molecular weight is 329 g/mol. The van der Waals surface area contributed by atoms with Crippen molar-refractivity contribution in [3.05, 3.63) is 36.0 Å². The van der Waals surface area contributed by atoms with Crippen molar-refractivity contribution in [2.45, 2.75) is 6.42 Å². The number of pyridine rings is 1. The number of methoxy groups -OCH3 is 2. The largest absolute Gasteiger partial charge is 0.496 e. The van der Waals surface area contributed by atoms with Gasteiger partial charge >= 0.3 is 0 Å². The maximum Gasteiger partial charge on any atom is 0.291 e. The summed E-state index contributed by atoms with van der Waals surface area (Å²) >= 11 is 0. The highest BCUT2D eigenvalue weighted by Crippen LogP contribution is 2.26. The first-order valence-corrected chi connectivity index (χ1v) is 7.70. The van der Waals surface area contributed by atoms with Gasteiger partial charge in [0.2, 0.25) is 0 Å². The summed E-state index contributed by atoms with van der Waals surface area (Å²) < 4.78 is 10.3. The van der Waals surface area contributed by atoms with E-state index in [4.69, 9.17) is 9.47 Å². The zero-order chi connectivity index (χ0) is 17.1. The van der Waals surface area contributed by atoms with Gasteiger partial charge in [0.15, 0.2) is 0 Å². The Morgan fingerprint density at radius 1 is 1.17 bits per heavy atom. The number of hydrogen-bond acceptors (Lipinski definition) is 5. The van der Waals surface area contributed by atoms with Crippen LogP contribution in [0.4, 0.5) is 0 Å². The number of hydrogen-bond donors (Lipinski definition) is 0. The fraction of sp³-hybridized carbons (Fsp3) is 0.353. The van der Waals surface area contributed by atoms with E-state index in [0.717, 1.165) is 11.8 Å². The molecule has 1 aliphatic rings. The lowest BCUT2D eigenvalue weighted by Gasteiger charge is -2.27. The molecule has 0 atom stereocenters. The molecule has 2 amide bonds. The molecule has 1 fully saturated rings. The van der Waals surface area contributed by atoms with E-state index in [1.807, 2.05) is 24.3 Å². The van der Waals surface area contributed by atoms with Crippen LogP contribution in [0.5, 0.6) is 5.75 Å². The number of carbonyl (C=O) groups is 2. The SMILES string of the molecule is COCC(=O)N1CCCN1C(=O)c1cc(OC)c2ccccc2n1. The molecular weight excluding hydrogens is 310 g/mol. The fourth-order valence-corrected chi connectivity index (χ4v) is 2.83. The Hall–Kier alpha value is -2.67. The molecule has 0 spiro atoms. The minimum atomic E-state index is -0.319. The number of para-hydroxylation sites is 1. The average Bonchev–Trinajstić information content (AvgIpc) is 3.10. The smallest absolute Gasteiger partial charge is 0.291 e. The molecule has 2 heterocycles. The molecule has 1 aliphatic heterocycles. The van der Waals surface area contributed by atoms with E-state index >= 15 is 0 Å². The van der Waals surface area contributed by atoms with Gasteiger partial charge in [-0.25, -0.2) is 15.0 Å². The van der Waals surface area contributed by atoms with Crippen LogP contribution >= 0.6 is 0 Å². The summed E-state index contributed by atoms with van der Waals surface area (Å²) in [7, 11) is 3.01. The molecule has 126 valence electrons. The summed E-state index contributed by atoms with van der Waals surface area (Å²) in [5.41, 5.74) is 0.928. The summed E-state index contributed by atoms with van der Waals surface area (Å²) in [5.74, 6) is 0.0232. The molecule has 24 heavy (non-hydrogen) atoms. The number of hydrazine groups is 1. The van der Waals surface area contributed by atoms with E-state index in [1.165, 1.54) is 17.1 Å². The van der Waals surface area contributed by atoms with Crippen molar-refractivity contribution in [2.24, 2.45) is 0 Å². The van der Waals surface area contributed by atoms with E-state index in [0.29, 0.717) is 24.4 Å². The number of carbonyl (C=O) groups excluding carboxylic acids is 2. The molecule has 0 saturated carbocycles. The maximum atomic E-state index is 12.9. The van der Waals surface area contributed by atoms with Crippen molar-refractivity contribution in [3.8, 4) is 5.75 Å². The van der Waals surface area contributed by atoms with E-state index in [1.54, 1.807) is 13.2 Å². The van der Waals surface area contributed by atoms with Crippen molar-refractivity contribution < 1.29 is 19.1 Å². The molecule has 0 N–H and O–H groups in total. The van der Waals surface area contributed by atoms with Crippen LogP contribution < -0.4 is 4.74 Å². The van der Waals surface area contributed by atoms with Crippen molar-refractivity contribution in [1.29, 1.82) is 0 Å². The number of benzene rings is 1. The second-order valence-corrected chi connectivity index (χ2v) is 5.46. The summed E-state index contributed by atoms with van der Waals surface area (Å²) in [6.07, 6.45) is 0.728. The lowest BCUT2D eigenvalue weighted by atomic mass is 10.1. The Balaban J connectivity index is 1.94. The Kier molecular flexibility index (Phi) is 4.61. The molecule has 1 saturated heterocycles. The normalized spacial score (nSPS) is 14.2. The molecule has 0 radical (unpaired) electrons. The van der Waals surface area contributed by atoms with Gasteiger partial charge in [0, 0.05) is 31.7 Å². The van der Waals surface area contributed by atoms with Crippen LogP contribution in [0, 0.1) is 0 Å². The Morgan fingerprint density at radius 3 is 2.67 bits per heavy atom. The third kappa shape index (κ3) is 2.90. The first-order valence-electron chi connectivity index (χ1n) is 7.70. The van der Waals surface area contributed by atoms with E-state index in [9.17, 15) is 9.59 Å². The van der Waals surface area contributed by atoms with Gasteiger partial charge in [0.1, 0.15) is 18.1 Å². The molecular formula is C17H19N3O4. The van der Waals surface area contributed by atoms with Crippen molar-refractivity contribution in [1.82, 2.24) is 15.0 Å². The molecule has 0 bridgehead atoms. The molecule has 0 unspecified atom stereocenters. The number of fused-ring (bicyclic) bond motifs is 1. The van der Waals surface area contributed by atoms with E-state index in [-0.39, 0.29) is 24.1 Å². The van der Waals surface area contributed by atoms with Crippen LogP contribution in [0.2, 0.25) is 0 Å². The van der Waals surface area contributed by atoms with Crippen LogP contribution in [0.25, 0.3) is 10.9 Å². The minimum absolute atomic E-state index is 0.0573. The third-order valence-electron chi connectivity index (χ3n) is 3.94. The lowest BCUT2D eigenvalue weighted by molar-refractivity contribution is -0.144. The molecule has 1 aromatic carbocycles. The first-order chi connectivity index (χ1) is 11.7. The topological polar surface area (TPSA) is 72.0 Å². The van der Waals surface area contributed by atoms with Gasteiger partial charge in [0.25, 0.3) is 11.8 Å². The monoisotopic (exact) mass is 329 g/mol. The standard InChI is InChI=1S/C17H19N3O4/c1-23-11-16(21)19-8-5-9-20(19)17(22)14-10-15(24-2)12-6-3-4-7-13(12)18-14/h3-4,6-7,10H,5,8-9,11H2,1-2H3. The summed E-state index contributed by atoms with van der Waals surface area (Å²) in [5, 5.41) is 3.69. The highest BCUT2D eigenvalue weighted by molar-refractivity contribution is 5.98. The molecule has 0 aliphatic carbocycles. The number of aromatic nitrogens is 1. The quantitative estimate of drug-likeness (QED) is 0.849. The van der Waals surface area contributed by atoms with Gasteiger partial charge in [-0.05, 0) is 18.6 Å². The predicted octanol–water partition coefficient (Wildman–Crippen LogP) is 1.48. The van der Waals surface area contributed by atoms with Crippen LogP contribution in [0.3, 0.4) is 0 Å². The minimum Gasteiger partial charge on any atom is -0.496 e. The van der Waals surface area contributed by atoms with Crippen molar-refractivity contribution in [2.75, 3.05) is 33.9 Å². The van der Waals surface area contributed by atoms with E-state index in [2.05, 4.69) is 4.98 Å². The molecule has 1 aromatic heterocycles. The number of amides is 2. The highest BCUT2D eigenvalue weighted by atomic mass is 16.5. The first kappa shape index (κ1) is 16.2. The van der Waals surface area contributed by atoms with Crippen LogP contribution in [-0.2, 0) is 9.53 Å². The van der Waals surface area contributed by atoms with Gasteiger partial charge in [-0.2, -0.15) is 0 Å². The predicted molar refractivity (Wildman–Crippen MR) is 87.5 cm³/mol. The van der Waals surface area contributed by atoms with Crippen molar-refractivity contribution >= 4 is 22.7 Å². The second-order valence-electron chi connectivity index (χ2n) is 5.46.